The number of nitrogens with zero attached hydrogens (tertiary/aromatic N) is 12. The molecule has 6 N–H and O–H groups in total. The smallest absolute Gasteiger partial charge is 0.303 e. The third-order valence-corrected chi connectivity index (χ3v) is 29.0. The van der Waals surface area contributed by atoms with E-state index >= 15 is 0 Å². The van der Waals surface area contributed by atoms with Gasteiger partial charge in [0.25, 0.3) is 22.6 Å². The number of piperidine rings is 5. The molecule has 13 atom stereocenters. The van der Waals surface area contributed by atoms with Crippen LogP contribution in [0.15, 0.2) is 103 Å². The number of aliphatic carboxylic acids is 3. The van der Waals surface area contributed by atoms with Crippen LogP contribution in [-0.2, 0) is 28.9 Å². The van der Waals surface area contributed by atoms with Crippen LogP contribution in [0.1, 0.15) is 319 Å². The molecule has 5 saturated carbocycles. The molecule has 17 rings (SSSR count). The number of benzene rings is 3. The van der Waals surface area contributed by atoms with Crippen molar-refractivity contribution in [3.63, 3.8) is 0 Å². The molecule has 5 aliphatic carbocycles. The molecule has 6 aliphatic heterocycles. The first-order chi connectivity index (χ1) is 57.8. The van der Waals surface area contributed by atoms with Crippen LogP contribution in [0.3, 0.4) is 0 Å². The molecule has 9 heterocycles. The van der Waals surface area contributed by atoms with E-state index < -0.39 is 30.4 Å². The van der Waals surface area contributed by atoms with Gasteiger partial charge in [-0.2, -0.15) is 0 Å². The molecule has 26 heteroatoms. The summed E-state index contributed by atoms with van der Waals surface area (Å²) in [5, 5.41) is 49.0. The molecule has 3 aromatic heterocycles. The third-order valence-electron chi connectivity index (χ3n) is 29.0. The molecule has 642 valence electrons. The number of oxime groups is 3. The zero-order valence-corrected chi connectivity index (χ0v) is 70.1. The Morgan fingerprint density at radius 3 is 1.06 bits per heavy atom. The van der Waals surface area contributed by atoms with Crippen molar-refractivity contribution in [2.24, 2.45) is 44.9 Å². The Balaban J connectivity index is 0.000000139. The van der Waals surface area contributed by atoms with Crippen molar-refractivity contribution in [1.82, 2.24) is 43.4 Å². The van der Waals surface area contributed by atoms with E-state index in [1.54, 1.807) is 0 Å². The minimum Gasteiger partial charge on any atom is -0.481 e. The average Bonchev–Trinajstić information content (AvgIpc) is 1.75. The van der Waals surface area contributed by atoms with E-state index in [2.05, 4.69) is 40.1 Å². The summed E-state index contributed by atoms with van der Waals surface area (Å²) in [4.78, 5) is 121. The second-order valence-electron chi connectivity index (χ2n) is 37.3. The number of amides is 1. The molecule has 6 aromatic rings. The second-order valence-corrected chi connectivity index (χ2v) is 37.3. The first kappa shape index (κ1) is 85.2. The molecular formula is C93H127N13O13. The highest BCUT2D eigenvalue weighted by atomic mass is 16.6. The minimum atomic E-state index is -1.03. The van der Waals surface area contributed by atoms with Gasteiger partial charge in [0.15, 0.2) is 23.7 Å². The topological polar surface area (TPSA) is 345 Å². The van der Waals surface area contributed by atoms with Crippen LogP contribution < -0.4 is 22.4 Å². The van der Waals surface area contributed by atoms with Crippen LogP contribution in [0.25, 0.3) is 33.1 Å². The highest BCUT2D eigenvalue weighted by Crippen LogP contribution is 2.51. The summed E-state index contributed by atoms with van der Waals surface area (Å²) in [5.74, 6) is -0.140. The lowest BCUT2D eigenvalue weighted by molar-refractivity contribution is -0.137. The van der Waals surface area contributed by atoms with Crippen molar-refractivity contribution in [2.75, 3.05) is 6.61 Å². The zero-order chi connectivity index (χ0) is 82.8. The normalized spacial score (nSPS) is 29.2. The summed E-state index contributed by atoms with van der Waals surface area (Å²) in [6.07, 6.45) is 44.5. The standard InChI is InChI=1S/C32H44N4O4.C31H41N5O5.C30H42N4O4/c1-20(2)40-34-28(13-14-30(37)38)31-32(39)36(29-10-6-5-9-27(29)33-31)26-18-23-11-12-24(19-26)35(23)25-16-21-7-3-4-8-22(15-21)17-25;32-28(37)18-41-34-26(11-12-29(38)39)30-31(40)36(27-10-2-1-9-25(27)33-30)24-16-21-7-4-8-22(17-24)35(21)23-14-19-5-3-6-20(13-19)15-23;35-28(36)18-17-26(32-38)29-30(37)34(27-16-9-8-15-25(27)31-29)24-19-22-13-10-14-23(20-24)33(22)21-11-6-4-2-1-3-5-7-12-21/h5-6,9-10,20-26H,3-4,7-8,11-19H2,1-2H3,(H,37,38);1-2,9-10,19-24H,3-8,11-18H2,(H2,32,37)(H,38,39);8-9,15-16,21-24,38H,1-7,10-14,17-20H2,(H,35,36)/b;34-26+;/t21?,22?,23-,24+,25?,26?;19?,20?,21-,22+,23?,24?;22-,23+,24?. The van der Waals surface area contributed by atoms with E-state index in [1.165, 1.54) is 180 Å². The first-order valence-corrected chi connectivity index (χ1v) is 45.7. The van der Waals surface area contributed by atoms with Crippen LogP contribution in [0.2, 0.25) is 0 Å². The molecule has 0 spiro atoms. The summed E-state index contributed by atoms with van der Waals surface area (Å²) in [7, 11) is 0. The largest absolute Gasteiger partial charge is 0.481 e. The maximum absolute atomic E-state index is 14.2. The molecule has 11 fully saturated rings. The van der Waals surface area contributed by atoms with Gasteiger partial charge in [-0.25, -0.2) is 15.0 Å². The van der Waals surface area contributed by atoms with Crippen molar-refractivity contribution in [3.05, 3.63) is 121 Å². The number of carboxylic acid groups (broad SMARTS) is 3. The number of carbonyl (C=O) groups is 4. The maximum atomic E-state index is 14.2. The van der Waals surface area contributed by atoms with Crippen molar-refractivity contribution >= 4 is 74.1 Å². The second kappa shape index (κ2) is 39.4. The maximum Gasteiger partial charge on any atom is 0.303 e. The highest BCUT2D eigenvalue weighted by Gasteiger charge is 2.50. The number of aromatic nitrogens is 6. The van der Waals surface area contributed by atoms with E-state index in [1.807, 2.05) is 100 Å². The Kier molecular flexibility index (Phi) is 28.2. The lowest BCUT2D eigenvalue weighted by Gasteiger charge is -2.55. The molecule has 119 heavy (non-hydrogen) atoms. The zero-order valence-electron chi connectivity index (χ0n) is 70.1. The predicted molar refractivity (Wildman–Crippen MR) is 458 cm³/mol. The lowest BCUT2D eigenvalue weighted by Crippen LogP contribution is -2.58. The number of hydrogen-bond donors (Lipinski definition) is 5. The monoisotopic (exact) mass is 1630 g/mol. The van der Waals surface area contributed by atoms with Gasteiger partial charge in [-0.1, -0.05) is 155 Å². The van der Waals surface area contributed by atoms with E-state index in [0.717, 1.165) is 97.1 Å². The number of carbonyl (C=O) groups excluding carboxylic acids is 1. The Labute approximate surface area is 697 Å². The van der Waals surface area contributed by atoms with E-state index in [4.69, 9.17) is 25.5 Å². The van der Waals surface area contributed by atoms with Gasteiger partial charge >= 0.3 is 17.9 Å². The summed E-state index contributed by atoms with van der Waals surface area (Å²) in [6, 6.07) is 28.1. The molecule has 7 unspecified atom stereocenters. The number of carboxylic acids is 3. The fourth-order valence-corrected chi connectivity index (χ4v) is 24.3. The van der Waals surface area contributed by atoms with Gasteiger partial charge in [-0.05, 0) is 202 Å². The molecular weight excluding hydrogens is 1510 g/mol. The molecule has 10 bridgehead atoms. The summed E-state index contributed by atoms with van der Waals surface area (Å²) in [5.41, 5.74) is 9.71. The SMILES string of the molecule is CC(C)ON=C(CCC(=O)O)c1nc2ccccc2n(C2C[C@H]3CC[C@@H](C2)N3C2CC3CCCCC(C3)C2)c1=O.NC(=O)CO/N=C(\CCC(=O)O)c1nc2ccccc2n(C2C[C@H]3CCC[C@@H](C2)N3C2CC3CCCC(C3)C2)c1=O.O=C(O)CCC(=NO)c1nc2ccccc2n(C2C[C@H]3CCC[C@@H](C2)N3C2CCCCCCCCC2)c1=O. The van der Waals surface area contributed by atoms with Crippen molar-refractivity contribution in [1.29, 1.82) is 0 Å². The lowest BCUT2D eigenvalue weighted by atomic mass is 9.68. The van der Waals surface area contributed by atoms with Crippen LogP contribution in [0.4, 0.5) is 0 Å². The van der Waals surface area contributed by atoms with Crippen LogP contribution in [-0.4, -0.2) is 172 Å². The van der Waals surface area contributed by atoms with Gasteiger partial charge in [-0.3, -0.25) is 48.3 Å². The molecule has 0 radical (unpaired) electrons. The summed E-state index contributed by atoms with van der Waals surface area (Å²) < 4.78 is 5.74. The predicted octanol–water partition coefficient (Wildman–Crippen LogP) is 15.8. The highest BCUT2D eigenvalue weighted by molar-refractivity contribution is 6.02. The van der Waals surface area contributed by atoms with E-state index in [0.29, 0.717) is 71.1 Å². The quantitative estimate of drug-likeness (QED) is 0.0226. The van der Waals surface area contributed by atoms with E-state index in [-0.39, 0.29) is 108 Å². The number of primary amides is 1. The number of rotatable bonds is 23. The summed E-state index contributed by atoms with van der Waals surface area (Å²) in [6.45, 7) is 3.24. The van der Waals surface area contributed by atoms with Gasteiger partial charge in [0.1, 0.15) is 23.2 Å². The molecule has 1 amide bonds. The van der Waals surface area contributed by atoms with Crippen LogP contribution in [0, 0.1) is 23.7 Å². The minimum absolute atomic E-state index is 0.0102. The fraction of sp³-hybridized carbons (Fsp3) is 0.667. The van der Waals surface area contributed by atoms with Crippen molar-refractivity contribution < 1.29 is 49.4 Å². The van der Waals surface area contributed by atoms with Gasteiger partial charge in [0.05, 0.1) is 52.4 Å². The molecule has 11 aliphatic rings. The Hall–Kier alpha value is -8.75. The average molecular weight is 1640 g/mol. The van der Waals surface area contributed by atoms with E-state index in [9.17, 15) is 49.0 Å². The van der Waals surface area contributed by atoms with Gasteiger partial charge < -0.3 is 49.6 Å². The van der Waals surface area contributed by atoms with Crippen LogP contribution in [0.5, 0.6) is 0 Å². The molecule has 26 nitrogen and oxygen atoms in total. The van der Waals surface area contributed by atoms with Gasteiger partial charge in [0.2, 0.25) is 0 Å². The molecule has 6 saturated heterocycles. The number of hydrogen-bond acceptors (Lipinski definition) is 19. The molecule has 3 aromatic carbocycles. The number of fused-ring (bicyclic) bond motifs is 13. The Morgan fingerprint density at radius 2 is 0.689 bits per heavy atom. The fourth-order valence-electron chi connectivity index (χ4n) is 24.3. The van der Waals surface area contributed by atoms with Gasteiger partial charge in [-0.15, -0.1) is 0 Å². The van der Waals surface area contributed by atoms with Crippen LogP contribution >= 0.6 is 0 Å². The first-order valence-electron chi connectivity index (χ1n) is 45.7. The van der Waals surface area contributed by atoms with Gasteiger partial charge in [0, 0.05) is 91.8 Å². The van der Waals surface area contributed by atoms with Crippen molar-refractivity contribution in [2.45, 2.75) is 362 Å². The summed E-state index contributed by atoms with van der Waals surface area (Å²) >= 11 is 0. The van der Waals surface area contributed by atoms with Crippen molar-refractivity contribution in [3.8, 4) is 0 Å². The Bertz CT molecular complexity index is 4790. The number of nitrogens with two attached hydrogens (primary N) is 1. The Morgan fingerprint density at radius 1 is 0.378 bits per heavy atom. The number of para-hydroxylation sites is 6. The third kappa shape index (κ3) is 20.1.